The van der Waals surface area contributed by atoms with Gasteiger partial charge >= 0.3 is 5.69 Å². The van der Waals surface area contributed by atoms with Crippen molar-refractivity contribution in [1.29, 1.82) is 0 Å². The van der Waals surface area contributed by atoms with Crippen LogP contribution in [0.25, 0.3) is 0 Å². The molecule has 1 fully saturated rings. The molecular formula is C12H20N4O4S. The summed E-state index contributed by atoms with van der Waals surface area (Å²) in [4.78, 5) is 25.8. The average molecular weight is 316 g/mol. The summed E-state index contributed by atoms with van der Waals surface area (Å²) in [6.07, 6.45) is 2.07. The standard InChI is InChI=1S/C12H20N4O4S/c1-2-3-5-16-10(13)9(11(17)15-12(16)18)14-8-4-6-21(19,20)7-8/h8,14H,2-7,13H2,1H3,(H,15,17,18). The number of hydrogen-bond donors (Lipinski definition) is 3. The molecular weight excluding hydrogens is 296 g/mol. The quantitative estimate of drug-likeness (QED) is 0.673. The van der Waals surface area contributed by atoms with Crippen LogP contribution in [0.1, 0.15) is 26.2 Å². The minimum atomic E-state index is -3.06. The van der Waals surface area contributed by atoms with Crippen LogP contribution < -0.4 is 22.3 Å². The Morgan fingerprint density at radius 2 is 2.14 bits per heavy atom. The van der Waals surface area contributed by atoms with Gasteiger partial charge in [-0.1, -0.05) is 13.3 Å². The van der Waals surface area contributed by atoms with Gasteiger partial charge in [-0.3, -0.25) is 14.3 Å². The van der Waals surface area contributed by atoms with E-state index in [2.05, 4.69) is 10.3 Å². The molecule has 1 aliphatic rings. The molecule has 0 spiro atoms. The van der Waals surface area contributed by atoms with E-state index in [-0.39, 0.29) is 29.1 Å². The van der Waals surface area contributed by atoms with E-state index >= 15 is 0 Å². The predicted octanol–water partition coefficient (Wildman–Crippen LogP) is -0.482. The van der Waals surface area contributed by atoms with Crippen LogP contribution >= 0.6 is 0 Å². The van der Waals surface area contributed by atoms with Crippen molar-refractivity contribution in [3.8, 4) is 0 Å². The van der Waals surface area contributed by atoms with Gasteiger partial charge in [0.2, 0.25) is 0 Å². The van der Waals surface area contributed by atoms with Crippen molar-refractivity contribution in [2.75, 3.05) is 22.6 Å². The van der Waals surface area contributed by atoms with Crippen molar-refractivity contribution < 1.29 is 8.42 Å². The van der Waals surface area contributed by atoms with Gasteiger partial charge in [-0.05, 0) is 12.8 Å². The summed E-state index contributed by atoms with van der Waals surface area (Å²) < 4.78 is 24.2. The van der Waals surface area contributed by atoms with E-state index in [1.54, 1.807) is 0 Å². The molecule has 1 saturated heterocycles. The van der Waals surface area contributed by atoms with Gasteiger partial charge in [-0.2, -0.15) is 0 Å². The highest BCUT2D eigenvalue weighted by Crippen LogP contribution is 2.18. The van der Waals surface area contributed by atoms with Crippen LogP contribution in [0.5, 0.6) is 0 Å². The molecule has 9 heteroatoms. The van der Waals surface area contributed by atoms with E-state index in [0.717, 1.165) is 12.8 Å². The molecule has 0 aliphatic carbocycles. The highest BCUT2D eigenvalue weighted by Gasteiger charge is 2.29. The first-order valence-corrected chi connectivity index (χ1v) is 8.75. The Kier molecular flexibility index (Phi) is 4.40. The SMILES string of the molecule is CCCCn1c(N)c(NC2CCS(=O)(=O)C2)c(=O)[nH]c1=O. The minimum absolute atomic E-state index is 0.0278. The van der Waals surface area contributed by atoms with E-state index in [1.807, 2.05) is 6.92 Å². The fourth-order valence-corrected chi connectivity index (χ4v) is 4.05. The number of aromatic nitrogens is 2. The fraction of sp³-hybridized carbons (Fsp3) is 0.667. The Morgan fingerprint density at radius 3 is 2.71 bits per heavy atom. The predicted molar refractivity (Wildman–Crippen MR) is 81.3 cm³/mol. The number of aromatic amines is 1. The van der Waals surface area contributed by atoms with Crippen molar-refractivity contribution in [2.24, 2.45) is 0 Å². The summed E-state index contributed by atoms with van der Waals surface area (Å²) in [6, 6.07) is -0.351. The molecule has 118 valence electrons. The number of rotatable bonds is 5. The number of nitrogens with zero attached hydrogens (tertiary/aromatic N) is 1. The molecule has 8 nitrogen and oxygen atoms in total. The number of H-pyrrole nitrogens is 1. The van der Waals surface area contributed by atoms with Crippen LogP contribution in [-0.2, 0) is 16.4 Å². The average Bonchev–Trinajstić information content (AvgIpc) is 2.74. The summed E-state index contributed by atoms with van der Waals surface area (Å²) in [6.45, 7) is 2.39. The number of nitrogen functional groups attached to an aromatic ring is 1. The van der Waals surface area contributed by atoms with Crippen molar-refractivity contribution in [3.05, 3.63) is 20.8 Å². The number of hydrogen-bond acceptors (Lipinski definition) is 6. The molecule has 2 rings (SSSR count). The van der Waals surface area contributed by atoms with Gasteiger partial charge < -0.3 is 11.1 Å². The van der Waals surface area contributed by atoms with Gasteiger partial charge in [-0.25, -0.2) is 13.2 Å². The van der Waals surface area contributed by atoms with E-state index in [9.17, 15) is 18.0 Å². The highest BCUT2D eigenvalue weighted by molar-refractivity contribution is 7.91. The van der Waals surface area contributed by atoms with Crippen LogP contribution in [0.15, 0.2) is 9.59 Å². The lowest BCUT2D eigenvalue weighted by atomic mass is 10.2. The van der Waals surface area contributed by atoms with Gasteiger partial charge in [0.1, 0.15) is 11.5 Å². The summed E-state index contributed by atoms with van der Waals surface area (Å²) in [5, 5.41) is 2.87. The smallest absolute Gasteiger partial charge is 0.330 e. The van der Waals surface area contributed by atoms with Gasteiger partial charge in [0.25, 0.3) is 5.56 Å². The molecule has 4 N–H and O–H groups in total. The number of sulfone groups is 1. The molecule has 1 aromatic heterocycles. The Bertz CT molecular complexity index is 735. The van der Waals surface area contributed by atoms with Crippen LogP contribution in [0.2, 0.25) is 0 Å². The van der Waals surface area contributed by atoms with E-state index in [4.69, 9.17) is 5.73 Å². The van der Waals surface area contributed by atoms with Crippen LogP contribution in [-0.4, -0.2) is 35.5 Å². The Hall–Kier alpha value is -1.77. The zero-order chi connectivity index (χ0) is 15.6. The Labute approximate surface area is 122 Å². The van der Waals surface area contributed by atoms with Crippen molar-refractivity contribution in [2.45, 2.75) is 38.8 Å². The zero-order valence-corrected chi connectivity index (χ0v) is 12.7. The third kappa shape index (κ3) is 3.46. The van der Waals surface area contributed by atoms with Gasteiger partial charge in [-0.15, -0.1) is 0 Å². The monoisotopic (exact) mass is 316 g/mol. The summed E-state index contributed by atoms with van der Waals surface area (Å²) in [5.41, 5.74) is 4.82. The number of nitrogens with one attached hydrogen (secondary N) is 2. The second-order valence-corrected chi connectivity index (χ2v) is 7.50. The topological polar surface area (TPSA) is 127 Å². The van der Waals surface area contributed by atoms with Crippen molar-refractivity contribution >= 4 is 21.3 Å². The van der Waals surface area contributed by atoms with Gasteiger partial charge in [0, 0.05) is 12.6 Å². The Balaban J connectivity index is 2.31. The number of nitrogens with two attached hydrogens (primary N) is 1. The summed E-state index contributed by atoms with van der Waals surface area (Å²) in [5.74, 6) is 0.124. The molecule has 0 bridgehead atoms. The van der Waals surface area contributed by atoms with Crippen molar-refractivity contribution in [3.63, 3.8) is 0 Å². The molecule has 2 heterocycles. The Morgan fingerprint density at radius 1 is 1.43 bits per heavy atom. The molecule has 1 aromatic rings. The lowest BCUT2D eigenvalue weighted by molar-refractivity contribution is 0.601. The summed E-state index contributed by atoms with van der Waals surface area (Å²) in [7, 11) is -3.06. The van der Waals surface area contributed by atoms with E-state index in [1.165, 1.54) is 4.57 Å². The lowest BCUT2D eigenvalue weighted by Gasteiger charge is -2.16. The molecule has 1 aliphatic heterocycles. The maximum absolute atomic E-state index is 11.9. The second-order valence-electron chi connectivity index (χ2n) is 5.27. The molecule has 21 heavy (non-hydrogen) atoms. The third-order valence-corrected chi connectivity index (χ3v) is 5.32. The van der Waals surface area contributed by atoms with Crippen LogP contribution in [0.4, 0.5) is 11.5 Å². The first-order chi connectivity index (χ1) is 9.84. The first-order valence-electron chi connectivity index (χ1n) is 6.93. The van der Waals surface area contributed by atoms with Gasteiger partial charge in [0.15, 0.2) is 9.84 Å². The number of unbranched alkanes of at least 4 members (excludes halogenated alkanes) is 1. The van der Waals surface area contributed by atoms with Crippen molar-refractivity contribution in [1.82, 2.24) is 9.55 Å². The zero-order valence-electron chi connectivity index (χ0n) is 11.9. The molecule has 1 atom stereocenters. The van der Waals surface area contributed by atoms with Gasteiger partial charge in [0.05, 0.1) is 11.5 Å². The molecule has 0 saturated carbocycles. The van der Waals surface area contributed by atoms with E-state index < -0.39 is 21.1 Å². The van der Waals surface area contributed by atoms with Crippen LogP contribution in [0, 0.1) is 0 Å². The first kappa shape index (κ1) is 15.6. The fourth-order valence-electron chi connectivity index (χ4n) is 2.38. The minimum Gasteiger partial charge on any atom is -0.383 e. The molecule has 0 aromatic carbocycles. The normalized spacial score (nSPS) is 20.5. The molecule has 0 radical (unpaired) electrons. The van der Waals surface area contributed by atoms with E-state index in [0.29, 0.717) is 13.0 Å². The summed E-state index contributed by atoms with van der Waals surface area (Å²) >= 11 is 0. The maximum atomic E-state index is 11.9. The number of anilines is 2. The molecule has 0 amide bonds. The lowest BCUT2D eigenvalue weighted by Crippen LogP contribution is -2.36. The largest absolute Gasteiger partial charge is 0.383 e. The second kappa shape index (κ2) is 5.92. The highest BCUT2D eigenvalue weighted by atomic mass is 32.2. The van der Waals surface area contributed by atoms with Crippen LogP contribution in [0.3, 0.4) is 0 Å². The third-order valence-electron chi connectivity index (χ3n) is 3.56. The molecule has 1 unspecified atom stereocenters. The maximum Gasteiger partial charge on any atom is 0.330 e.